The molecule has 0 aliphatic carbocycles. The quantitative estimate of drug-likeness (QED) is 0.782. The Bertz CT molecular complexity index is 781. The summed E-state index contributed by atoms with van der Waals surface area (Å²) < 4.78 is 32.9. The Labute approximate surface area is 136 Å². The van der Waals surface area contributed by atoms with Crippen molar-refractivity contribution in [1.29, 1.82) is 0 Å². The normalized spacial score (nSPS) is 11.2. The molecule has 21 heavy (non-hydrogen) atoms. The van der Waals surface area contributed by atoms with E-state index in [9.17, 15) is 8.42 Å². The van der Waals surface area contributed by atoms with E-state index >= 15 is 0 Å². The van der Waals surface area contributed by atoms with E-state index in [1.807, 2.05) is 0 Å². The highest BCUT2D eigenvalue weighted by Crippen LogP contribution is 2.30. The van der Waals surface area contributed by atoms with Gasteiger partial charge in [0.25, 0.3) is 10.0 Å². The zero-order valence-electron chi connectivity index (χ0n) is 10.9. The maximum absolute atomic E-state index is 12.4. The summed E-state index contributed by atoms with van der Waals surface area (Å²) in [6.45, 7) is 0. The van der Waals surface area contributed by atoms with Gasteiger partial charge in [0.1, 0.15) is 10.6 Å². The zero-order chi connectivity index (χ0) is 15.6. The van der Waals surface area contributed by atoms with Crippen LogP contribution < -0.4 is 15.2 Å². The van der Waals surface area contributed by atoms with E-state index in [1.165, 1.54) is 31.4 Å². The van der Waals surface area contributed by atoms with Gasteiger partial charge in [0, 0.05) is 10.5 Å². The first-order valence-electron chi connectivity index (χ1n) is 5.75. The van der Waals surface area contributed by atoms with Crippen molar-refractivity contribution in [2.45, 2.75) is 4.90 Å². The summed E-state index contributed by atoms with van der Waals surface area (Å²) in [5.74, 6) is 0.374. The molecule has 0 radical (unpaired) electrons. The number of benzene rings is 2. The van der Waals surface area contributed by atoms with Crippen LogP contribution in [0.4, 0.5) is 11.4 Å². The highest BCUT2D eigenvalue weighted by Gasteiger charge is 2.18. The van der Waals surface area contributed by atoms with Gasteiger partial charge in [-0.1, -0.05) is 27.5 Å². The maximum Gasteiger partial charge on any atom is 0.263 e. The number of halogens is 2. The largest absolute Gasteiger partial charge is 0.495 e. The molecule has 0 amide bonds. The molecule has 0 unspecified atom stereocenters. The van der Waals surface area contributed by atoms with Crippen LogP contribution in [0.15, 0.2) is 45.8 Å². The molecular formula is C13H12BrClN2O3S. The Balaban J connectivity index is 2.40. The molecule has 112 valence electrons. The molecule has 0 saturated heterocycles. The van der Waals surface area contributed by atoms with E-state index in [4.69, 9.17) is 22.1 Å². The third-order valence-electron chi connectivity index (χ3n) is 2.67. The van der Waals surface area contributed by atoms with E-state index in [0.29, 0.717) is 20.9 Å². The second-order valence-corrected chi connectivity index (χ2v) is 7.11. The average molecular weight is 392 g/mol. The summed E-state index contributed by atoms with van der Waals surface area (Å²) in [5.41, 5.74) is 6.21. The molecule has 2 rings (SSSR count). The number of hydrogen-bond donors (Lipinski definition) is 2. The van der Waals surface area contributed by atoms with Gasteiger partial charge in [0.15, 0.2) is 0 Å². The van der Waals surface area contributed by atoms with Crippen LogP contribution in [0.1, 0.15) is 0 Å². The second kappa shape index (κ2) is 6.13. The van der Waals surface area contributed by atoms with Gasteiger partial charge in [-0.05, 0) is 30.3 Å². The summed E-state index contributed by atoms with van der Waals surface area (Å²) in [5, 5.41) is 0.391. The Morgan fingerprint density at radius 3 is 2.62 bits per heavy atom. The fourth-order valence-electron chi connectivity index (χ4n) is 1.67. The van der Waals surface area contributed by atoms with Crippen molar-refractivity contribution in [3.8, 4) is 5.75 Å². The SMILES string of the molecule is COc1cc(NS(=O)(=O)c2cc(Br)ccc2N)ccc1Cl. The molecule has 2 aromatic carbocycles. The van der Waals surface area contributed by atoms with Crippen molar-refractivity contribution >= 4 is 48.9 Å². The summed E-state index contributed by atoms with van der Waals surface area (Å²) in [6.07, 6.45) is 0. The van der Waals surface area contributed by atoms with Crippen LogP contribution in [0.25, 0.3) is 0 Å². The average Bonchev–Trinajstić information content (AvgIpc) is 2.43. The number of nitrogen functional groups attached to an aromatic ring is 1. The number of nitrogens with one attached hydrogen (secondary N) is 1. The van der Waals surface area contributed by atoms with Gasteiger partial charge >= 0.3 is 0 Å². The Morgan fingerprint density at radius 2 is 1.95 bits per heavy atom. The lowest BCUT2D eigenvalue weighted by Crippen LogP contribution is -2.14. The van der Waals surface area contributed by atoms with Crippen molar-refractivity contribution in [3.05, 3.63) is 45.9 Å². The molecule has 5 nitrogen and oxygen atoms in total. The molecule has 0 fully saturated rings. The van der Waals surface area contributed by atoms with Crippen LogP contribution in [0.2, 0.25) is 5.02 Å². The Morgan fingerprint density at radius 1 is 1.24 bits per heavy atom. The Kier molecular flexibility index (Phi) is 4.65. The lowest BCUT2D eigenvalue weighted by Gasteiger charge is -2.12. The number of nitrogens with two attached hydrogens (primary N) is 1. The first-order valence-corrected chi connectivity index (χ1v) is 8.40. The molecule has 2 aromatic rings. The second-order valence-electron chi connectivity index (χ2n) is 4.14. The van der Waals surface area contributed by atoms with Crippen molar-refractivity contribution in [1.82, 2.24) is 0 Å². The van der Waals surface area contributed by atoms with Crippen LogP contribution in [-0.4, -0.2) is 15.5 Å². The number of hydrogen-bond acceptors (Lipinski definition) is 4. The van der Waals surface area contributed by atoms with E-state index in [2.05, 4.69) is 20.7 Å². The van der Waals surface area contributed by atoms with Crippen LogP contribution in [-0.2, 0) is 10.0 Å². The predicted molar refractivity (Wildman–Crippen MR) is 87.4 cm³/mol. The highest BCUT2D eigenvalue weighted by atomic mass is 79.9. The van der Waals surface area contributed by atoms with Gasteiger partial charge in [0.2, 0.25) is 0 Å². The monoisotopic (exact) mass is 390 g/mol. The molecule has 8 heteroatoms. The number of anilines is 2. The number of ether oxygens (including phenoxy) is 1. The molecule has 0 spiro atoms. The number of methoxy groups -OCH3 is 1. The van der Waals surface area contributed by atoms with Gasteiger partial charge in [-0.3, -0.25) is 4.72 Å². The number of rotatable bonds is 4. The molecule has 0 aromatic heterocycles. The fraction of sp³-hybridized carbons (Fsp3) is 0.0769. The fourth-order valence-corrected chi connectivity index (χ4v) is 3.59. The van der Waals surface area contributed by atoms with Crippen LogP contribution in [0.5, 0.6) is 5.75 Å². The van der Waals surface area contributed by atoms with Crippen molar-refractivity contribution in [2.24, 2.45) is 0 Å². The maximum atomic E-state index is 12.4. The van der Waals surface area contributed by atoms with E-state index in [-0.39, 0.29) is 10.6 Å². The molecule has 0 atom stereocenters. The zero-order valence-corrected chi connectivity index (χ0v) is 14.1. The minimum absolute atomic E-state index is 0.00853. The summed E-state index contributed by atoms with van der Waals surface area (Å²) in [4.78, 5) is -0.00853. The minimum atomic E-state index is -3.81. The minimum Gasteiger partial charge on any atom is -0.495 e. The highest BCUT2D eigenvalue weighted by molar-refractivity contribution is 9.10. The smallest absolute Gasteiger partial charge is 0.263 e. The molecule has 0 saturated carbocycles. The van der Waals surface area contributed by atoms with Crippen LogP contribution >= 0.6 is 27.5 Å². The lowest BCUT2D eigenvalue weighted by atomic mass is 10.3. The predicted octanol–water partition coefficient (Wildman–Crippen LogP) is 3.49. The van der Waals surface area contributed by atoms with Gasteiger partial charge in [-0.15, -0.1) is 0 Å². The van der Waals surface area contributed by atoms with Crippen LogP contribution in [0, 0.1) is 0 Å². The molecule has 3 N–H and O–H groups in total. The molecule has 0 aliphatic heterocycles. The van der Waals surface area contributed by atoms with Crippen molar-refractivity contribution in [3.63, 3.8) is 0 Å². The van der Waals surface area contributed by atoms with E-state index in [1.54, 1.807) is 12.1 Å². The first-order chi connectivity index (χ1) is 9.83. The van der Waals surface area contributed by atoms with E-state index < -0.39 is 10.0 Å². The van der Waals surface area contributed by atoms with E-state index in [0.717, 1.165) is 0 Å². The van der Waals surface area contributed by atoms with Gasteiger partial charge < -0.3 is 10.5 Å². The topological polar surface area (TPSA) is 81.4 Å². The van der Waals surface area contributed by atoms with Gasteiger partial charge in [-0.2, -0.15) is 0 Å². The Hall–Kier alpha value is -1.44. The standard InChI is InChI=1S/C13H12BrClN2O3S/c1-20-12-7-9(3-4-10(12)15)17-21(18,19)13-6-8(14)2-5-11(13)16/h2-7,17H,16H2,1H3. The molecule has 0 aliphatic rings. The summed E-state index contributed by atoms with van der Waals surface area (Å²) in [6, 6.07) is 9.19. The third kappa shape index (κ3) is 3.61. The first kappa shape index (κ1) is 15.9. The summed E-state index contributed by atoms with van der Waals surface area (Å²) >= 11 is 9.12. The molecule has 0 heterocycles. The molecule has 0 bridgehead atoms. The summed E-state index contributed by atoms with van der Waals surface area (Å²) in [7, 11) is -2.36. The lowest BCUT2D eigenvalue weighted by molar-refractivity contribution is 0.415. The van der Waals surface area contributed by atoms with Crippen LogP contribution in [0.3, 0.4) is 0 Å². The third-order valence-corrected chi connectivity index (χ3v) is 4.91. The number of sulfonamides is 1. The molecular weight excluding hydrogens is 380 g/mol. The van der Waals surface area contributed by atoms with Gasteiger partial charge in [0.05, 0.1) is 23.5 Å². The van der Waals surface area contributed by atoms with Gasteiger partial charge in [-0.25, -0.2) is 8.42 Å². The van der Waals surface area contributed by atoms with Crippen molar-refractivity contribution < 1.29 is 13.2 Å². The van der Waals surface area contributed by atoms with Crippen molar-refractivity contribution in [2.75, 3.05) is 17.6 Å².